The van der Waals surface area contributed by atoms with Crippen LogP contribution in [-0.2, 0) is 9.59 Å². The van der Waals surface area contributed by atoms with Crippen LogP contribution in [0.2, 0.25) is 0 Å². The number of para-hydroxylation sites is 2. The molecule has 2 amide bonds. The lowest BCUT2D eigenvalue weighted by molar-refractivity contribution is -0.120. The molecular weight excluding hydrogens is 308 g/mol. The third-order valence-electron chi connectivity index (χ3n) is 3.45. The molecule has 0 radical (unpaired) electrons. The van der Waals surface area contributed by atoms with E-state index in [2.05, 4.69) is 5.32 Å². The molecule has 0 spiro atoms. The molecular formula is C18H20N2O4. The van der Waals surface area contributed by atoms with E-state index in [4.69, 9.17) is 9.47 Å². The van der Waals surface area contributed by atoms with Crippen LogP contribution in [0.25, 0.3) is 0 Å². The predicted octanol–water partition coefficient (Wildman–Crippen LogP) is 2.70. The summed E-state index contributed by atoms with van der Waals surface area (Å²) in [6, 6.07) is 14.0. The predicted molar refractivity (Wildman–Crippen MR) is 92.6 cm³/mol. The SMILES string of the molecule is COc1ccc(N(CC(=O)Nc2ccccc2OC)C(C)=O)cc1. The van der Waals surface area contributed by atoms with Gasteiger partial charge < -0.3 is 19.7 Å². The van der Waals surface area contributed by atoms with Crippen LogP contribution in [-0.4, -0.2) is 32.6 Å². The minimum Gasteiger partial charge on any atom is -0.497 e. The number of benzene rings is 2. The molecule has 0 aromatic heterocycles. The van der Waals surface area contributed by atoms with Gasteiger partial charge in [-0.05, 0) is 36.4 Å². The maximum atomic E-state index is 12.3. The number of nitrogens with zero attached hydrogens (tertiary/aromatic N) is 1. The zero-order chi connectivity index (χ0) is 17.5. The topological polar surface area (TPSA) is 67.9 Å². The zero-order valence-electron chi connectivity index (χ0n) is 13.9. The molecule has 126 valence electrons. The number of hydrogen-bond acceptors (Lipinski definition) is 4. The first-order valence-corrected chi connectivity index (χ1v) is 7.40. The Morgan fingerprint density at radius 3 is 2.25 bits per heavy atom. The number of nitrogens with one attached hydrogen (secondary N) is 1. The van der Waals surface area contributed by atoms with Crippen molar-refractivity contribution in [3.8, 4) is 11.5 Å². The second-order valence-electron chi connectivity index (χ2n) is 5.05. The Bertz CT molecular complexity index is 713. The lowest BCUT2D eigenvalue weighted by atomic mass is 10.2. The fraction of sp³-hybridized carbons (Fsp3) is 0.222. The smallest absolute Gasteiger partial charge is 0.244 e. The van der Waals surface area contributed by atoms with Crippen LogP contribution >= 0.6 is 0 Å². The van der Waals surface area contributed by atoms with E-state index < -0.39 is 0 Å². The van der Waals surface area contributed by atoms with Crippen LogP contribution in [0.15, 0.2) is 48.5 Å². The zero-order valence-corrected chi connectivity index (χ0v) is 13.9. The average molecular weight is 328 g/mol. The molecule has 2 rings (SSSR count). The number of hydrogen-bond donors (Lipinski definition) is 1. The molecule has 0 atom stereocenters. The lowest BCUT2D eigenvalue weighted by Crippen LogP contribution is -2.36. The summed E-state index contributed by atoms with van der Waals surface area (Å²) >= 11 is 0. The molecule has 24 heavy (non-hydrogen) atoms. The maximum absolute atomic E-state index is 12.3. The Labute approximate surface area is 141 Å². The third-order valence-corrected chi connectivity index (χ3v) is 3.45. The van der Waals surface area contributed by atoms with Gasteiger partial charge in [0.25, 0.3) is 0 Å². The first kappa shape index (κ1) is 17.3. The van der Waals surface area contributed by atoms with Crippen molar-refractivity contribution >= 4 is 23.2 Å². The molecule has 0 saturated carbocycles. The molecule has 0 aliphatic rings. The van der Waals surface area contributed by atoms with Crippen LogP contribution in [0.5, 0.6) is 11.5 Å². The summed E-state index contributed by atoms with van der Waals surface area (Å²) in [5.74, 6) is 0.700. The number of carbonyl (C=O) groups is 2. The van der Waals surface area contributed by atoms with Crippen molar-refractivity contribution in [3.05, 3.63) is 48.5 Å². The summed E-state index contributed by atoms with van der Waals surface area (Å²) in [4.78, 5) is 25.6. The molecule has 0 heterocycles. The van der Waals surface area contributed by atoms with E-state index >= 15 is 0 Å². The molecule has 0 saturated heterocycles. The minimum atomic E-state index is -0.314. The van der Waals surface area contributed by atoms with Crippen molar-refractivity contribution in [1.82, 2.24) is 0 Å². The Kier molecular flexibility index (Phi) is 5.78. The number of amides is 2. The van der Waals surface area contributed by atoms with Gasteiger partial charge in [0, 0.05) is 12.6 Å². The lowest BCUT2D eigenvalue weighted by Gasteiger charge is -2.21. The third kappa shape index (κ3) is 4.25. The Morgan fingerprint density at radius 1 is 1.00 bits per heavy atom. The number of methoxy groups -OCH3 is 2. The van der Waals surface area contributed by atoms with E-state index in [-0.39, 0.29) is 18.4 Å². The molecule has 2 aromatic rings. The standard InChI is InChI=1S/C18H20N2O4/c1-13(21)20(14-8-10-15(23-2)11-9-14)12-18(22)19-16-6-4-5-7-17(16)24-3/h4-11H,12H2,1-3H3,(H,19,22). The molecule has 2 aromatic carbocycles. The normalized spacial score (nSPS) is 9.96. The number of rotatable bonds is 6. The maximum Gasteiger partial charge on any atom is 0.244 e. The van der Waals surface area contributed by atoms with Crippen molar-refractivity contribution in [2.75, 3.05) is 31.0 Å². The van der Waals surface area contributed by atoms with Crippen LogP contribution < -0.4 is 19.7 Å². The van der Waals surface area contributed by atoms with Gasteiger partial charge in [-0.25, -0.2) is 0 Å². The van der Waals surface area contributed by atoms with Crippen LogP contribution in [0.1, 0.15) is 6.92 Å². The van der Waals surface area contributed by atoms with Crippen molar-refractivity contribution in [3.63, 3.8) is 0 Å². The number of ether oxygens (including phenoxy) is 2. The van der Waals surface area contributed by atoms with Crippen LogP contribution in [0, 0.1) is 0 Å². The Hall–Kier alpha value is -3.02. The fourth-order valence-corrected chi connectivity index (χ4v) is 2.23. The highest BCUT2D eigenvalue weighted by atomic mass is 16.5. The summed E-state index contributed by atoms with van der Waals surface area (Å²) in [6.45, 7) is 1.32. The average Bonchev–Trinajstić information content (AvgIpc) is 2.60. The molecule has 6 heteroatoms. The first-order chi connectivity index (χ1) is 11.5. The van der Waals surface area contributed by atoms with E-state index in [1.807, 2.05) is 6.07 Å². The van der Waals surface area contributed by atoms with Crippen molar-refractivity contribution in [1.29, 1.82) is 0 Å². The van der Waals surface area contributed by atoms with Crippen LogP contribution in [0.3, 0.4) is 0 Å². The van der Waals surface area contributed by atoms with E-state index in [9.17, 15) is 9.59 Å². The first-order valence-electron chi connectivity index (χ1n) is 7.40. The van der Waals surface area contributed by atoms with E-state index in [0.717, 1.165) is 0 Å². The summed E-state index contributed by atoms with van der Waals surface area (Å²) in [5, 5.41) is 2.76. The molecule has 6 nitrogen and oxygen atoms in total. The van der Waals surface area contributed by atoms with Gasteiger partial charge in [0.05, 0.1) is 19.9 Å². The van der Waals surface area contributed by atoms with Gasteiger partial charge in [-0.3, -0.25) is 9.59 Å². The van der Waals surface area contributed by atoms with Crippen molar-refractivity contribution < 1.29 is 19.1 Å². The molecule has 1 N–H and O–H groups in total. The molecule has 0 bridgehead atoms. The summed E-state index contributed by atoms with van der Waals surface area (Å²) in [7, 11) is 3.10. The highest BCUT2D eigenvalue weighted by Crippen LogP contribution is 2.23. The van der Waals surface area contributed by atoms with Gasteiger partial charge in [-0.15, -0.1) is 0 Å². The molecule has 0 unspecified atom stereocenters. The summed E-state index contributed by atoms with van der Waals surface area (Å²) < 4.78 is 10.3. The van der Waals surface area contributed by atoms with Crippen LogP contribution in [0.4, 0.5) is 11.4 Å². The number of carbonyl (C=O) groups excluding carboxylic acids is 2. The van der Waals surface area contributed by atoms with Crippen molar-refractivity contribution in [2.45, 2.75) is 6.92 Å². The van der Waals surface area contributed by atoms with Crippen molar-refractivity contribution in [2.24, 2.45) is 0 Å². The Balaban J connectivity index is 2.12. The molecule has 0 aliphatic heterocycles. The largest absolute Gasteiger partial charge is 0.497 e. The van der Waals surface area contributed by atoms with Gasteiger partial charge >= 0.3 is 0 Å². The fourth-order valence-electron chi connectivity index (χ4n) is 2.23. The Morgan fingerprint density at radius 2 is 1.67 bits per heavy atom. The highest BCUT2D eigenvalue weighted by molar-refractivity contribution is 6.02. The van der Waals surface area contributed by atoms with Gasteiger partial charge in [-0.2, -0.15) is 0 Å². The van der Waals surface area contributed by atoms with Gasteiger partial charge in [0.15, 0.2) is 0 Å². The van der Waals surface area contributed by atoms with E-state index in [1.165, 1.54) is 18.9 Å². The quantitative estimate of drug-likeness (QED) is 0.885. The van der Waals surface area contributed by atoms with Gasteiger partial charge in [0.1, 0.15) is 18.0 Å². The van der Waals surface area contributed by atoms with E-state index in [0.29, 0.717) is 22.9 Å². The molecule has 0 aliphatic carbocycles. The summed E-state index contributed by atoms with van der Waals surface area (Å²) in [6.07, 6.45) is 0. The highest BCUT2D eigenvalue weighted by Gasteiger charge is 2.17. The monoisotopic (exact) mass is 328 g/mol. The number of anilines is 2. The van der Waals surface area contributed by atoms with Gasteiger partial charge in [-0.1, -0.05) is 12.1 Å². The minimum absolute atomic E-state index is 0.0975. The summed E-state index contributed by atoms with van der Waals surface area (Å²) in [5.41, 5.74) is 1.18. The second-order valence-corrected chi connectivity index (χ2v) is 5.05. The van der Waals surface area contributed by atoms with Gasteiger partial charge in [0.2, 0.25) is 11.8 Å². The molecule has 0 fully saturated rings. The van der Waals surface area contributed by atoms with E-state index in [1.54, 1.807) is 49.6 Å². The second kappa shape index (κ2) is 8.01.